The van der Waals surface area contributed by atoms with Crippen LogP contribution in [0, 0.1) is 0 Å². The normalized spacial score (nSPS) is 20.1. The van der Waals surface area contributed by atoms with Gasteiger partial charge in [-0.15, -0.1) is 0 Å². The van der Waals surface area contributed by atoms with Gasteiger partial charge in [-0.2, -0.15) is 5.10 Å². The summed E-state index contributed by atoms with van der Waals surface area (Å²) in [6.45, 7) is 1.63. The fourth-order valence-corrected chi connectivity index (χ4v) is 4.23. The van der Waals surface area contributed by atoms with Crippen molar-refractivity contribution in [1.29, 1.82) is 0 Å². The highest BCUT2D eigenvalue weighted by Gasteiger charge is 2.26. The fourth-order valence-electron chi connectivity index (χ4n) is 2.95. The van der Waals surface area contributed by atoms with Crippen molar-refractivity contribution < 1.29 is 17.9 Å². The summed E-state index contributed by atoms with van der Waals surface area (Å²) in [6.07, 6.45) is 3.11. The van der Waals surface area contributed by atoms with Crippen LogP contribution in [0.25, 0.3) is 0 Å². The van der Waals surface area contributed by atoms with Crippen LogP contribution in [-0.2, 0) is 23.0 Å². The average molecular weight is 335 g/mol. The van der Waals surface area contributed by atoms with Gasteiger partial charge in [-0.25, -0.2) is 13.1 Å². The largest absolute Gasteiger partial charge is 0.486 e. The van der Waals surface area contributed by atoms with E-state index in [0.717, 1.165) is 18.7 Å². The van der Waals surface area contributed by atoms with Crippen LogP contribution in [-0.4, -0.2) is 37.5 Å². The van der Waals surface area contributed by atoms with Crippen LogP contribution >= 0.6 is 0 Å². The van der Waals surface area contributed by atoms with Gasteiger partial charge in [0.1, 0.15) is 13.2 Å². The third-order valence-corrected chi connectivity index (χ3v) is 5.61. The minimum absolute atomic E-state index is 0.127. The number of ether oxygens (including phenoxy) is 2. The summed E-state index contributed by atoms with van der Waals surface area (Å²) in [5.41, 5.74) is 1.05. The highest BCUT2D eigenvalue weighted by atomic mass is 32.2. The number of nitrogens with one attached hydrogen (secondary N) is 1. The molecule has 4 rings (SSSR count). The molecule has 3 heterocycles. The molecule has 0 aliphatic carbocycles. The maximum atomic E-state index is 12.6. The molecular weight excluding hydrogens is 318 g/mol. The van der Waals surface area contributed by atoms with Crippen LogP contribution in [0.15, 0.2) is 35.4 Å². The molecule has 1 N–H and O–H groups in total. The Kier molecular flexibility index (Phi) is 3.50. The molecule has 0 bridgehead atoms. The molecule has 2 aliphatic heterocycles. The minimum atomic E-state index is -3.59. The van der Waals surface area contributed by atoms with E-state index in [1.165, 1.54) is 6.07 Å². The molecule has 1 unspecified atom stereocenters. The maximum absolute atomic E-state index is 12.6. The van der Waals surface area contributed by atoms with Crippen LogP contribution in [0.2, 0.25) is 0 Å². The first-order chi connectivity index (χ1) is 11.1. The monoisotopic (exact) mass is 335 g/mol. The Labute approximate surface area is 134 Å². The maximum Gasteiger partial charge on any atom is 0.240 e. The first-order valence-corrected chi connectivity index (χ1v) is 9.03. The Morgan fingerprint density at radius 2 is 2.00 bits per heavy atom. The Balaban J connectivity index is 1.54. The summed E-state index contributed by atoms with van der Waals surface area (Å²) in [5, 5.41) is 4.20. The van der Waals surface area contributed by atoms with E-state index in [9.17, 15) is 8.42 Å². The zero-order valence-electron chi connectivity index (χ0n) is 12.4. The quantitative estimate of drug-likeness (QED) is 0.903. The van der Waals surface area contributed by atoms with Crippen LogP contribution in [0.4, 0.5) is 0 Å². The fraction of sp³-hybridized carbons (Fsp3) is 0.400. The van der Waals surface area contributed by atoms with E-state index < -0.39 is 10.0 Å². The van der Waals surface area contributed by atoms with Gasteiger partial charge < -0.3 is 9.47 Å². The lowest BCUT2D eigenvalue weighted by atomic mass is 10.1. The molecule has 0 fully saturated rings. The van der Waals surface area contributed by atoms with Gasteiger partial charge in [0.05, 0.1) is 4.90 Å². The van der Waals surface area contributed by atoms with Crippen LogP contribution in [0.5, 0.6) is 11.5 Å². The highest BCUT2D eigenvalue weighted by Crippen LogP contribution is 2.32. The summed E-state index contributed by atoms with van der Waals surface area (Å²) in [4.78, 5) is 0.195. The van der Waals surface area contributed by atoms with Crippen molar-refractivity contribution in [3.8, 4) is 11.5 Å². The first kappa shape index (κ1) is 14.5. The van der Waals surface area contributed by atoms with Crippen molar-refractivity contribution in [3.05, 3.63) is 36.2 Å². The predicted molar refractivity (Wildman–Crippen MR) is 82.1 cm³/mol. The van der Waals surface area contributed by atoms with Gasteiger partial charge in [0.15, 0.2) is 11.5 Å². The molecule has 0 amide bonds. The highest BCUT2D eigenvalue weighted by molar-refractivity contribution is 7.89. The molecule has 0 saturated heterocycles. The second-order valence-electron chi connectivity index (χ2n) is 5.66. The number of nitrogens with zero attached hydrogens (tertiary/aromatic N) is 2. The first-order valence-electron chi connectivity index (χ1n) is 7.54. The molecular formula is C15H17N3O4S. The molecule has 0 saturated carbocycles. The zero-order chi connectivity index (χ0) is 15.9. The lowest BCUT2D eigenvalue weighted by molar-refractivity contribution is 0.171. The number of hydrogen-bond donors (Lipinski definition) is 1. The molecule has 2 aliphatic rings. The summed E-state index contributed by atoms with van der Waals surface area (Å²) in [6, 6.07) is 6.49. The summed E-state index contributed by atoms with van der Waals surface area (Å²) < 4.78 is 40.8. The summed E-state index contributed by atoms with van der Waals surface area (Å²) in [5.74, 6) is 1.05. The zero-order valence-corrected chi connectivity index (χ0v) is 13.3. The van der Waals surface area contributed by atoms with E-state index in [1.807, 2.05) is 10.7 Å². The lowest BCUT2D eigenvalue weighted by Gasteiger charge is -2.24. The van der Waals surface area contributed by atoms with Gasteiger partial charge >= 0.3 is 0 Å². The van der Waals surface area contributed by atoms with Gasteiger partial charge in [0.2, 0.25) is 10.0 Å². The second-order valence-corrected chi connectivity index (χ2v) is 7.38. The lowest BCUT2D eigenvalue weighted by Crippen LogP contribution is -2.40. The molecule has 1 aromatic heterocycles. The molecule has 23 heavy (non-hydrogen) atoms. The number of aromatic nitrogens is 2. The standard InChI is InChI=1S/C15H17N3O4S/c19-23(20,13-1-2-14-15(10-13)22-8-7-21-14)17-11-4-6-18-12(9-11)3-5-16-18/h1-3,5,10-11,17H,4,6-9H2. The Bertz CT molecular complexity index is 831. The van der Waals surface area contributed by atoms with Crippen molar-refractivity contribution in [2.75, 3.05) is 13.2 Å². The minimum Gasteiger partial charge on any atom is -0.486 e. The van der Waals surface area contributed by atoms with Gasteiger partial charge in [-0.05, 0) is 24.6 Å². The number of hydrogen-bond acceptors (Lipinski definition) is 5. The van der Waals surface area contributed by atoms with Gasteiger partial charge in [0, 0.05) is 37.0 Å². The summed E-state index contributed by atoms with van der Waals surface area (Å²) in [7, 11) is -3.59. The van der Waals surface area contributed by atoms with E-state index in [4.69, 9.17) is 9.47 Å². The Morgan fingerprint density at radius 3 is 2.87 bits per heavy atom. The van der Waals surface area contributed by atoms with Crippen molar-refractivity contribution in [2.45, 2.75) is 30.3 Å². The predicted octanol–water partition coefficient (Wildman–Crippen LogP) is 0.948. The van der Waals surface area contributed by atoms with Crippen LogP contribution < -0.4 is 14.2 Å². The Morgan fingerprint density at radius 1 is 1.17 bits per heavy atom. The third-order valence-electron chi connectivity index (χ3n) is 4.10. The topological polar surface area (TPSA) is 82.5 Å². The number of benzene rings is 1. The molecule has 1 atom stereocenters. The molecule has 122 valence electrons. The van der Waals surface area contributed by atoms with E-state index >= 15 is 0 Å². The molecule has 0 radical (unpaired) electrons. The number of aryl methyl sites for hydroxylation is 1. The number of rotatable bonds is 3. The van der Waals surface area contributed by atoms with Gasteiger partial charge in [0.25, 0.3) is 0 Å². The van der Waals surface area contributed by atoms with Gasteiger partial charge in [-0.3, -0.25) is 4.68 Å². The molecule has 7 nitrogen and oxygen atoms in total. The van der Waals surface area contributed by atoms with E-state index in [0.29, 0.717) is 31.1 Å². The van der Waals surface area contributed by atoms with Crippen molar-refractivity contribution in [2.24, 2.45) is 0 Å². The molecule has 2 aromatic rings. The van der Waals surface area contributed by atoms with Crippen LogP contribution in [0.3, 0.4) is 0 Å². The average Bonchev–Trinajstić information content (AvgIpc) is 3.01. The smallest absolute Gasteiger partial charge is 0.240 e. The molecule has 1 aromatic carbocycles. The van der Waals surface area contributed by atoms with E-state index in [1.54, 1.807) is 18.3 Å². The SMILES string of the molecule is O=S(=O)(NC1CCn2nccc2C1)c1ccc2c(c1)OCCO2. The van der Waals surface area contributed by atoms with Gasteiger partial charge in [-0.1, -0.05) is 0 Å². The van der Waals surface area contributed by atoms with E-state index in [-0.39, 0.29) is 10.9 Å². The third kappa shape index (κ3) is 2.79. The van der Waals surface area contributed by atoms with E-state index in [2.05, 4.69) is 9.82 Å². The van der Waals surface area contributed by atoms with Crippen molar-refractivity contribution in [3.63, 3.8) is 0 Å². The van der Waals surface area contributed by atoms with Crippen molar-refractivity contribution in [1.82, 2.24) is 14.5 Å². The Hall–Kier alpha value is -2.06. The number of fused-ring (bicyclic) bond motifs is 2. The van der Waals surface area contributed by atoms with Crippen molar-refractivity contribution >= 4 is 10.0 Å². The number of sulfonamides is 1. The second kappa shape index (κ2) is 5.54. The van der Waals surface area contributed by atoms with Crippen LogP contribution in [0.1, 0.15) is 12.1 Å². The molecule has 8 heteroatoms. The molecule has 0 spiro atoms. The summed E-state index contributed by atoms with van der Waals surface area (Å²) >= 11 is 0.